The summed E-state index contributed by atoms with van der Waals surface area (Å²) in [7, 11) is 0. The van der Waals surface area contributed by atoms with Gasteiger partial charge in [-0.15, -0.1) is 0 Å². The van der Waals surface area contributed by atoms with Crippen molar-refractivity contribution in [2.75, 3.05) is 6.61 Å². The third kappa shape index (κ3) is 5.33. The quantitative estimate of drug-likeness (QED) is 0.587. The van der Waals surface area contributed by atoms with Crippen LogP contribution in [0.5, 0.6) is 5.75 Å². The summed E-state index contributed by atoms with van der Waals surface area (Å²) < 4.78 is 11.2. The number of allylic oxidation sites excluding steroid dienone is 1. The molecule has 0 radical (unpaired) electrons. The molecule has 3 rings (SSSR count). The number of rotatable bonds is 8. The first-order valence-electron chi connectivity index (χ1n) is 9.96. The van der Waals surface area contributed by atoms with Gasteiger partial charge in [0, 0.05) is 10.7 Å². The normalized spacial score (nSPS) is 16.0. The molecule has 0 spiro atoms. The molecule has 0 saturated carbocycles. The standard InChI is InChI=1S/C23H25ClN2O4/c1-3-7-19-20(22(27)29-4-2)21(26-23(28)25-19)16-9-6-11-18(13-16)30-14-15-8-5-10-17(24)12-15/h5-6,8-13,21H,3-4,7,14H2,1-2H3,(H2,25,26,28). The van der Waals surface area contributed by atoms with Crippen molar-refractivity contribution in [3.8, 4) is 5.75 Å². The van der Waals surface area contributed by atoms with Gasteiger partial charge >= 0.3 is 12.0 Å². The first-order valence-corrected chi connectivity index (χ1v) is 10.3. The monoisotopic (exact) mass is 428 g/mol. The van der Waals surface area contributed by atoms with Crippen LogP contribution in [0.15, 0.2) is 59.8 Å². The molecule has 1 unspecified atom stereocenters. The second-order valence-corrected chi connectivity index (χ2v) is 7.32. The van der Waals surface area contributed by atoms with E-state index in [-0.39, 0.29) is 12.6 Å². The third-order valence-electron chi connectivity index (χ3n) is 4.63. The maximum atomic E-state index is 12.7. The number of esters is 1. The van der Waals surface area contributed by atoms with Crippen molar-refractivity contribution in [1.82, 2.24) is 10.6 Å². The zero-order valence-electron chi connectivity index (χ0n) is 17.0. The summed E-state index contributed by atoms with van der Waals surface area (Å²) in [6.07, 6.45) is 1.36. The molecule has 30 heavy (non-hydrogen) atoms. The third-order valence-corrected chi connectivity index (χ3v) is 4.87. The van der Waals surface area contributed by atoms with Gasteiger partial charge in [-0.1, -0.05) is 49.2 Å². The predicted octanol–water partition coefficient (Wildman–Crippen LogP) is 4.89. The minimum absolute atomic E-state index is 0.255. The number of amides is 2. The Morgan fingerprint density at radius 1 is 1.13 bits per heavy atom. The van der Waals surface area contributed by atoms with Gasteiger partial charge in [0.05, 0.1) is 18.2 Å². The van der Waals surface area contributed by atoms with Crippen molar-refractivity contribution < 1.29 is 19.1 Å². The highest BCUT2D eigenvalue weighted by molar-refractivity contribution is 6.30. The number of carbonyl (C=O) groups is 2. The number of halogens is 1. The Balaban J connectivity index is 1.88. The molecule has 158 valence electrons. The number of hydrogen-bond donors (Lipinski definition) is 2. The highest BCUT2D eigenvalue weighted by Gasteiger charge is 2.33. The van der Waals surface area contributed by atoms with Crippen LogP contribution in [-0.4, -0.2) is 18.6 Å². The van der Waals surface area contributed by atoms with Crippen LogP contribution in [0.1, 0.15) is 43.9 Å². The van der Waals surface area contributed by atoms with E-state index in [1.807, 2.05) is 55.5 Å². The van der Waals surface area contributed by atoms with Crippen molar-refractivity contribution in [2.45, 2.75) is 39.3 Å². The highest BCUT2D eigenvalue weighted by Crippen LogP contribution is 2.31. The summed E-state index contributed by atoms with van der Waals surface area (Å²) in [5.41, 5.74) is 2.70. The van der Waals surface area contributed by atoms with Crippen LogP contribution < -0.4 is 15.4 Å². The fraction of sp³-hybridized carbons (Fsp3) is 0.304. The number of carbonyl (C=O) groups excluding carboxylic acids is 2. The Labute approximate surface area is 181 Å². The predicted molar refractivity (Wildman–Crippen MR) is 115 cm³/mol. The summed E-state index contributed by atoms with van der Waals surface area (Å²) in [6.45, 7) is 4.35. The smallest absolute Gasteiger partial charge is 0.338 e. The summed E-state index contributed by atoms with van der Waals surface area (Å²) in [5, 5.41) is 6.24. The molecular weight excluding hydrogens is 404 g/mol. The summed E-state index contributed by atoms with van der Waals surface area (Å²) in [6, 6.07) is 13.8. The number of nitrogens with one attached hydrogen (secondary N) is 2. The highest BCUT2D eigenvalue weighted by atomic mass is 35.5. The SMILES string of the molecule is CCCC1=C(C(=O)OCC)C(c2cccc(OCc3cccc(Cl)c3)c2)NC(=O)N1. The van der Waals surface area contributed by atoms with Gasteiger partial charge in [0.15, 0.2) is 0 Å². The lowest BCUT2D eigenvalue weighted by Gasteiger charge is -2.29. The van der Waals surface area contributed by atoms with Crippen molar-refractivity contribution in [3.05, 3.63) is 76.0 Å². The van der Waals surface area contributed by atoms with E-state index < -0.39 is 12.0 Å². The van der Waals surface area contributed by atoms with E-state index in [2.05, 4.69) is 10.6 Å². The number of hydrogen-bond acceptors (Lipinski definition) is 4. The van der Waals surface area contributed by atoms with Gasteiger partial charge in [0.25, 0.3) is 0 Å². The second kappa shape index (κ2) is 10.2. The van der Waals surface area contributed by atoms with Crippen molar-refractivity contribution in [2.24, 2.45) is 0 Å². The molecule has 2 amide bonds. The van der Waals surface area contributed by atoms with Crippen LogP contribution in [0.3, 0.4) is 0 Å². The van der Waals surface area contributed by atoms with Gasteiger partial charge in [-0.3, -0.25) is 0 Å². The van der Waals surface area contributed by atoms with Crippen molar-refractivity contribution in [3.63, 3.8) is 0 Å². The molecule has 0 saturated heterocycles. The molecule has 2 aromatic carbocycles. The molecule has 0 aliphatic carbocycles. The van der Waals surface area contributed by atoms with Gasteiger partial charge in [-0.05, 0) is 48.7 Å². The van der Waals surface area contributed by atoms with Gasteiger partial charge in [0.2, 0.25) is 0 Å². The largest absolute Gasteiger partial charge is 0.489 e. The van der Waals surface area contributed by atoms with Crippen LogP contribution >= 0.6 is 11.6 Å². The molecular formula is C23H25ClN2O4. The maximum absolute atomic E-state index is 12.7. The van der Waals surface area contributed by atoms with Gasteiger partial charge in [-0.25, -0.2) is 9.59 Å². The fourth-order valence-corrected chi connectivity index (χ4v) is 3.56. The molecule has 1 aliphatic rings. The first kappa shape index (κ1) is 21.7. The van der Waals surface area contributed by atoms with Crippen molar-refractivity contribution >= 4 is 23.6 Å². The summed E-state index contributed by atoms with van der Waals surface area (Å²) in [5.74, 6) is 0.184. The number of urea groups is 1. The zero-order chi connectivity index (χ0) is 21.5. The van der Waals surface area contributed by atoms with E-state index in [1.165, 1.54) is 0 Å². The van der Waals surface area contributed by atoms with Crippen LogP contribution in [0.4, 0.5) is 4.79 Å². The lowest BCUT2D eigenvalue weighted by molar-refractivity contribution is -0.139. The van der Waals surface area contributed by atoms with E-state index in [1.54, 1.807) is 6.92 Å². The van der Waals surface area contributed by atoms with Gasteiger partial charge in [0.1, 0.15) is 12.4 Å². The van der Waals surface area contributed by atoms with Gasteiger partial charge in [-0.2, -0.15) is 0 Å². The van der Waals surface area contributed by atoms with Crippen molar-refractivity contribution in [1.29, 1.82) is 0 Å². The van der Waals surface area contributed by atoms with Crippen LogP contribution in [0, 0.1) is 0 Å². The second-order valence-electron chi connectivity index (χ2n) is 6.89. The topological polar surface area (TPSA) is 76.7 Å². The van der Waals surface area contributed by atoms with Crippen LogP contribution in [-0.2, 0) is 16.1 Å². The summed E-state index contributed by atoms with van der Waals surface area (Å²) >= 11 is 6.03. The minimum atomic E-state index is -0.617. The summed E-state index contributed by atoms with van der Waals surface area (Å²) in [4.78, 5) is 24.9. The Morgan fingerprint density at radius 2 is 1.93 bits per heavy atom. The first-order chi connectivity index (χ1) is 14.5. The Bertz CT molecular complexity index is 958. The van der Waals surface area contributed by atoms with E-state index >= 15 is 0 Å². The molecule has 1 aliphatic heterocycles. The van der Waals surface area contributed by atoms with E-state index in [9.17, 15) is 9.59 Å². The van der Waals surface area contributed by atoms with E-state index in [0.29, 0.717) is 35.1 Å². The lowest BCUT2D eigenvalue weighted by atomic mass is 9.93. The van der Waals surface area contributed by atoms with E-state index in [4.69, 9.17) is 21.1 Å². The molecule has 2 aromatic rings. The molecule has 7 heteroatoms. The number of ether oxygens (including phenoxy) is 2. The zero-order valence-corrected chi connectivity index (χ0v) is 17.8. The average molecular weight is 429 g/mol. The average Bonchev–Trinajstić information content (AvgIpc) is 2.72. The molecule has 1 heterocycles. The van der Waals surface area contributed by atoms with Crippen LogP contribution in [0.2, 0.25) is 5.02 Å². The minimum Gasteiger partial charge on any atom is -0.489 e. The Hall–Kier alpha value is -2.99. The van der Waals surface area contributed by atoms with Gasteiger partial charge < -0.3 is 20.1 Å². The van der Waals surface area contributed by atoms with Crippen LogP contribution in [0.25, 0.3) is 0 Å². The molecule has 2 N–H and O–H groups in total. The Morgan fingerprint density at radius 3 is 2.67 bits per heavy atom. The van der Waals surface area contributed by atoms with E-state index in [0.717, 1.165) is 17.5 Å². The molecule has 0 fully saturated rings. The molecule has 0 aromatic heterocycles. The fourth-order valence-electron chi connectivity index (χ4n) is 3.34. The number of benzene rings is 2. The Kier molecular flexibility index (Phi) is 7.36. The molecule has 0 bridgehead atoms. The molecule has 1 atom stereocenters. The molecule has 6 nitrogen and oxygen atoms in total. The maximum Gasteiger partial charge on any atom is 0.338 e. The lowest BCUT2D eigenvalue weighted by Crippen LogP contribution is -2.46.